The molecular weight excluding hydrogens is 336 g/mol. The quantitative estimate of drug-likeness (QED) is 0.376. The average Bonchev–Trinajstić information content (AvgIpc) is 2.52. The van der Waals surface area contributed by atoms with Crippen molar-refractivity contribution in [2.75, 3.05) is 65.9 Å². The van der Waals surface area contributed by atoms with E-state index >= 15 is 0 Å². The molecule has 0 aromatic heterocycles. The molecule has 0 spiro atoms. The highest BCUT2D eigenvalue weighted by Crippen LogP contribution is 2.17. The van der Waals surface area contributed by atoms with Crippen molar-refractivity contribution in [3.8, 4) is 0 Å². The molecular formula is C19H40N2O5. The predicted molar refractivity (Wildman–Crippen MR) is 103 cm³/mol. The van der Waals surface area contributed by atoms with Gasteiger partial charge in [-0.05, 0) is 5.41 Å². The van der Waals surface area contributed by atoms with E-state index in [-0.39, 0.29) is 11.3 Å². The highest BCUT2D eigenvalue weighted by Gasteiger charge is 2.15. The van der Waals surface area contributed by atoms with Crippen LogP contribution in [0.1, 0.15) is 41.0 Å². The van der Waals surface area contributed by atoms with Crippen molar-refractivity contribution in [3.63, 3.8) is 0 Å². The number of carbonyl (C=O) groups is 1. The highest BCUT2D eigenvalue weighted by molar-refractivity contribution is 5.76. The zero-order valence-corrected chi connectivity index (χ0v) is 17.4. The Hall–Kier alpha value is -0.730. The molecule has 0 aliphatic rings. The molecule has 0 aromatic rings. The third kappa shape index (κ3) is 21.3. The van der Waals surface area contributed by atoms with E-state index in [1.807, 2.05) is 20.8 Å². The Labute approximate surface area is 159 Å². The van der Waals surface area contributed by atoms with Gasteiger partial charge in [-0.1, -0.05) is 34.6 Å². The monoisotopic (exact) mass is 376 g/mol. The molecule has 26 heavy (non-hydrogen) atoms. The Morgan fingerprint density at radius 2 is 1.19 bits per heavy atom. The van der Waals surface area contributed by atoms with E-state index in [1.165, 1.54) is 0 Å². The molecule has 0 aliphatic carbocycles. The van der Waals surface area contributed by atoms with Crippen molar-refractivity contribution in [1.29, 1.82) is 0 Å². The van der Waals surface area contributed by atoms with Crippen LogP contribution in [0.15, 0.2) is 0 Å². The second kappa shape index (κ2) is 16.4. The van der Waals surface area contributed by atoms with Gasteiger partial charge in [-0.15, -0.1) is 0 Å². The number of nitrogens with one attached hydrogen (secondary N) is 2. The summed E-state index contributed by atoms with van der Waals surface area (Å²) in [6.45, 7) is 16.3. The molecule has 0 aliphatic heterocycles. The van der Waals surface area contributed by atoms with Crippen LogP contribution in [0.4, 0.5) is 0 Å². The van der Waals surface area contributed by atoms with Crippen molar-refractivity contribution < 1.29 is 23.7 Å². The van der Waals surface area contributed by atoms with E-state index in [2.05, 4.69) is 24.5 Å². The van der Waals surface area contributed by atoms with E-state index < -0.39 is 0 Å². The summed E-state index contributed by atoms with van der Waals surface area (Å²) in [6.07, 6.45) is 0.524. The van der Waals surface area contributed by atoms with Gasteiger partial charge < -0.3 is 29.6 Å². The summed E-state index contributed by atoms with van der Waals surface area (Å²) in [7, 11) is 0. The highest BCUT2D eigenvalue weighted by atomic mass is 16.6. The van der Waals surface area contributed by atoms with Crippen LogP contribution in [0.3, 0.4) is 0 Å². The van der Waals surface area contributed by atoms with Gasteiger partial charge in [0.25, 0.3) is 0 Å². The molecule has 0 heterocycles. The first-order chi connectivity index (χ1) is 12.3. The smallest absolute Gasteiger partial charge is 0.220 e. The predicted octanol–water partition coefficient (Wildman–Crippen LogP) is 1.60. The number of rotatable bonds is 17. The van der Waals surface area contributed by atoms with Gasteiger partial charge in [0.15, 0.2) is 0 Å². The summed E-state index contributed by atoms with van der Waals surface area (Å²) in [4.78, 5) is 11.6. The van der Waals surface area contributed by atoms with Crippen LogP contribution in [0.2, 0.25) is 0 Å². The number of carbonyl (C=O) groups excluding carboxylic acids is 1. The van der Waals surface area contributed by atoms with Gasteiger partial charge in [0.05, 0.1) is 52.9 Å². The van der Waals surface area contributed by atoms with Crippen LogP contribution in [0.25, 0.3) is 0 Å². The summed E-state index contributed by atoms with van der Waals surface area (Å²) in [5.41, 5.74) is 0.0118. The summed E-state index contributed by atoms with van der Waals surface area (Å²) >= 11 is 0. The van der Waals surface area contributed by atoms with Crippen molar-refractivity contribution in [1.82, 2.24) is 10.6 Å². The first kappa shape index (κ1) is 25.3. The second-order valence-corrected chi connectivity index (χ2v) is 7.65. The molecule has 7 heteroatoms. The summed E-state index contributed by atoms with van der Waals surface area (Å²) < 4.78 is 21.7. The molecule has 0 aromatic carbocycles. The van der Waals surface area contributed by atoms with Crippen LogP contribution in [-0.2, 0) is 23.7 Å². The van der Waals surface area contributed by atoms with Gasteiger partial charge in [0.2, 0.25) is 5.91 Å². The molecule has 2 N–H and O–H groups in total. The lowest BCUT2D eigenvalue weighted by atomic mass is 9.92. The fourth-order valence-electron chi connectivity index (χ4n) is 1.99. The van der Waals surface area contributed by atoms with Crippen LogP contribution >= 0.6 is 0 Å². The number of hydrogen-bond acceptors (Lipinski definition) is 6. The molecule has 0 rings (SSSR count). The fourth-order valence-corrected chi connectivity index (χ4v) is 1.99. The molecule has 7 nitrogen and oxygen atoms in total. The van der Waals surface area contributed by atoms with Crippen LogP contribution in [0.5, 0.6) is 0 Å². The maximum Gasteiger partial charge on any atom is 0.220 e. The largest absolute Gasteiger partial charge is 0.378 e. The maximum atomic E-state index is 11.6. The normalized spacial score (nSPS) is 11.9. The minimum Gasteiger partial charge on any atom is -0.378 e. The fraction of sp³-hybridized carbons (Fsp3) is 0.947. The zero-order valence-electron chi connectivity index (χ0n) is 17.4. The van der Waals surface area contributed by atoms with Crippen molar-refractivity contribution >= 4 is 5.91 Å². The molecule has 0 saturated heterocycles. The number of ether oxygens (including phenoxy) is 4. The minimum atomic E-state index is 0.0118. The van der Waals surface area contributed by atoms with E-state index in [9.17, 15) is 4.79 Å². The third-order valence-electron chi connectivity index (χ3n) is 3.17. The number of amides is 1. The summed E-state index contributed by atoms with van der Waals surface area (Å²) in [5, 5.41) is 6.13. The Morgan fingerprint density at radius 3 is 1.62 bits per heavy atom. The minimum absolute atomic E-state index is 0.0118. The van der Waals surface area contributed by atoms with Crippen molar-refractivity contribution in [2.45, 2.75) is 47.1 Å². The van der Waals surface area contributed by atoms with E-state index in [0.717, 1.165) is 6.54 Å². The molecule has 156 valence electrons. The van der Waals surface area contributed by atoms with E-state index in [0.29, 0.717) is 71.9 Å². The van der Waals surface area contributed by atoms with Gasteiger partial charge in [-0.2, -0.15) is 0 Å². The van der Waals surface area contributed by atoms with E-state index in [4.69, 9.17) is 18.9 Å². The van der Waals surface area contributed by atoms with Crippen LogP contribution in [-0.4, -0.2) is 77.9 Å². The number of hydrogen-bond donors (Lipinski definition) is 2. The maximum absolute atomic E-state index is 11.6. The lowest BCUT2D eigenvalue weighted by Crippen LogP contribution is -2.30. The second-order valence-electron chi connectivity index (χ2n) is 7.65. The Bertz CT molecular complexity index is 332. The SMILES string of the molecule is CC(C)NCCOCCOCCOCCOCCNC(=O)CC(C)(C)C. The van der Waals surface area contributed by atoms with Crippen LogP contribution < -0.4 is 10.6 Å². The van der Waals surface area contributed by atoms with Gasteiger partial charge in [-0.3, -0.25) is 4.79 Å². The summed E-state index contributed by atoms with van der Waals surface area (Å²) in [6, 6.07) is 0.489. The molecule has 0 radical (unpaired) electrons. The van der Waals surface area contributed by atoms with Crippen molar-refractivity contribution in [3.05, 3.63) is 0 Å². The third-order valence-corrected chi connectivity index (χ3v) is 3.17. The molecule has 1 amide bonds. The van der Waals surface area contributed by atoms with Gasteiger partial charge in [-0.25, -0.2) is 0 Å². The lowest BCUT2D eigenvalue weighted by molar-refractivity contribution is -0.123. The Balaban J connectivity index is 3.15. The van der Waals surface area contributed by atoms with E-state index in [1.54, 1.807) is 0 Å². The topological polar surface area (TPSA) is 78.1 Å². The first-order valence-electron chi connectivity index (χ1n) is 9.62. The van der Waals surface area contributed by atoms with Crippen molar-refractivity contribution in [2.24, 2.45) is 5.41 Å². The van der Waals surface area contributed by atoms with Gasteiger partial charge in [0.1, 0.15) is 0 Å². The standard InChI is InChI=1S/C19H40N2O5/c1-17(2)20-6-8-23-10-12-25-14-15-26-13-11-24-9-7-21-18(22)16-19(3,4)5/h17,20H,6-16H2,1-5H3,(H,21,22). The first-order valence-corrected chi connectivity index (χ1v) is 9.62. The van der Waals surface area contributed by atoms with Gasteiger partial charge >= 0.3 is 0 Å². The zero-order chi connectivity index (χ0) is 19.7. The molecule has 0 bridgehead atoms. The summed E-state index contributed by atoms with van der Waals surface area (Å²) in [5.74, 6) is 0.0645. The Kier molecular flexibility index (Phi) is 16.0. The van der Waals surface area contributed by atoms with Gasteiger partial charge in [0, 0.05) is 25.6 Å². The molecule has 0 unspecified atom stereocenters. The molecule has 0 atom stereocenters. The molecule has 0 fully saturated rings. The molecule has 0 saturated carbocycles. The Morgan fingerprint density at radius 1 is 0.769 bits per heavy atom. The lowest BCUT2D eigenvalue weighted by Gasteiger charge is -2.17. The average molecular weight is 377 g/mol. The van der Waals surface area contributed by atoms with Crippen LogP contribution in [0, 0.1) is 5.41 Å².